The first-order valence-electron chi connectivity index (χ1n) is 14.9. The Kier molecular flexibility index (Phi) is 11.0. The zero-order valence-electron chi connectivity index (χ0n) is 24.2. The number of hydrogen-bond donors (Lipinski definition) is 1. The lowest BCUT2D eigenvalue weighted by Gasteiger charge is -2.22. The summed E-state index contributed by atoms with van der Waals surface area (Å²) in [4.78, 5) is 29.8. The summed E-state index contributed by atoms with van der Waals surface area (Å²) in [5.74, 6) is 2.89. The summed E-state index contributed by atoms with van der Waals surface area (Å²) in [6.45, 7) is 8.71. The van der Waals surface area contributed by atoms with E-state index < -0.39 is 0 Å². The summed E-state index contributed by atoms with van der Waals surface area (Å²) in [7, 11) is 0. The predicted octanol–water partition coefficient (Wildman–Crippen LogP) is 5.74. The molecule has 42 heavy (non-hydrogen) atoms. The van der Waals surface area contributed by atoms with Gasteiger partial charge >= 0.3 is 0 Å². The lowest BCUT2D eigenvalue weighted by atomic mass is 10.1. The molecule has 0 spiro atoms. The van der Waals surface area contributed by atoms with Crippen LogP contribution in [0.4, 0.5) is 0 Å². The Morgan fingerprint density at radius 1 is 1.00 bits per heavy atom. The van der Waals surface area contributed by atoms with Crippen LogP contribution in [-0.4, -0.2) is 79.4 Å². The molecular weight excluding hydrogens is 571 g/mol. The fourth-order valence-electron chi connectivity index (χ4n) is 5.59. The fraction of sp³-hybridized carbons (Fsp3) is 0.500. The maximum Gasteiger partial charge on any atom is 0.220 e. The van der Waals surface area contributed by atoms with E-state index >= 15 is 0 Å². The minimum atomic E-state index is 0.0454. The van der Waals surface area contributed by atoms with Gasteiger partial charge in [0.05, 0.1) is 31.3 Å². The molecule has 0 amide bonds. The number of nitrogens with one attached hydrogen (secondary N) is 1. The van der Waals surface area contributed by atoms with Crippen molar-refractivity contribution in [3.05, 3.63) is 57.9 Å². The molecule has 3 aliphatic rings. The lowest BCUT2D eigenvalue weighted by molar-refractivity contribution is -0.110. The second kappa shape index (κ2) is 15.1. The van der Waals surface area contributed by atoms with Gasteiger partial charge in [-0.1, -0.05) is 30.1 Å². The van der Waals surface area contributed by atoms with Gasteiger partial charge in [0.2, 0.25) is 5.88 Å². The van der Waals surface area contributed by atoms with E-state index in [0.717, 1.165) is 80.6 Å². The van der Waals surface area contributed by atoms with E-state index in [-0.39, 0.29) is 5.92 Å². The number of rotatable bonds is 9. The summed E-state index contributed by atoms with van der Waals surface area (Å²) in [5, 5.41) is 4.22. The molecule has 2 aliphatic heterocycles. The highest BCUT2D eigenvalue weighted by Crippen LogP contribution is 2.45. The summed E-state index contributed by atoms with van der Waals surface area (Å²) in [5.41, 5.74) is 2.72. The molecule has 2 aromatic rings. The van der Waals surface area contributed by atoms with Crippen LogP contribution in [0.15, 0.2) is 52.3 Å². The maximum absolute atomic E-state index is 11.0. The van der Waals surface area contributed by atoms with E-state index in [1.165, 1.54) is 19.3 Å². The average Bonchev–Trinajstić information content (AvgIpc) is 3.74. The van der Waals surface area contributed by atoms with Gasteiger partial charge in [-0.2, -0.15) is 0 Å². The topological polar surface area (TPSA) is 82.4 Å². The van der Waals surface area contributed by atoms with Crippen molar-refractivity contribution in [1.29, 1.82) is 0 Å². The number of likely N-dealkylation sites (tertiary alicyclic amines) is 1. The first-order valence-corrected chi connectivity index (χ1v) is 15.7. The second-order valence-electron chi connectivity index (χ2n) is 11.6. The number of aromatic nitrogens is 1. The van der Waals surface area contributed by atoms with Crippen LogP contribution in [0, 0.1) is 17.8 Å². The molecule has 1 aliphatic carbocycles. The molecule has 2 fully saturated rings. The number of halogens is 2. The van der Waals surface area contributed by atoms with E-state index in [4.69, 9.17) is 32.9 Å². The monoisotopic (exact) mass is 610 g/mol. The van der Waals surface area contributed by atoms with Crippen LogP contribution in [-0.2, 0) is 11.3 Å². The van der Waals surface area contributed by atoms with Crippen LogP contribution in [0.5, 0.6) is 5.88 Å². The van der Waals surface area contributed by atoms with Gasteiger partial charge in [-0.25, -0.2) is 4.98 Å². The summed E-state index contributed by atoms with van der Waals surface area (Å²) in [6.07, 6.45) is 10.9. The molecule has 1 aromatic heterocycles. The molecule has 1 N–H and O–H groups in total. The van der Waals surface area contributed by atoms with Gasteiger partial charge in [0.15, 0.2) is 5.76 Å². The molecule has 3 heterocycles. The van der Waals surface area contributed by atoms with E-state index in [0.29, 0.717) is 34.8 Å². The molecule has 3 atom stereocenters. The summed E-state index contributed by atoms with van der Waals surface area (Å²) in [6, 6.07) is 9.59. The summed E-state index contributed by atoms with van der Waals surface area (Å²) >= 11 is 12.7. The van der Waals surface area contributed by atoms with E-state index in [9.17, 15) is 4.79 Å². The first-order chi connectivity index (χ1) is 20.4. The van der Waals surface area contributed by atoms with Crippen molar-refractivity contribution in [3.63, 3.8) is 0 Å². The third-order valence-electron chi connectivity index (χ3n) is 8.18. The van der Waals surface area contributed by atoms with Gasteiger partial charge < -0.3 is 14.8 Å². The predicted molar refractivity (Wildman–Crippen MR) is 171 cm³/mol. The number of carbonyl (C=O) groups is 1. The Bertz CT molecular complexity index is 1280. The van der Waals surface area contributed by atoms with Crippen LogP contribution in [0.1, 0.15) is 38.2 Å². The van der Waals surface area contributed by atoms with Crippen molar-refractivity contribution < 1.29 is 9.53 Å². The van der Waals surface area contributed by atoms with Crippen LogP contribution in [0.2, 0.25) is 10.0 Å². The van der Waals surface area contributed by atoms with E-state index in [2.05, 4.69) is 31.2 Å². The molecule has 3 unspecified atom stereocenters. The first kappa shape index (κ1) is 30.7. The Balaban J connectivity index is 1.34. The Hall–Kier alpha value is -2.78. The molecule has 0 radical (unpaired) electrons. The smallest absolute Gasteiger partial charge is 0.220 e. The number of fused-ring (bicyclic) bond motifs is 1. The van der Waals surface area contributed by atoms with Gasteiger partial charge in [0.1, 0.15) is 6.29 Å². The van der Waals surface area contributed by atoms with Gasteiger partial charge in [-0.3, -0.25) is 19.8 Å². The minimum absolute atomic E-state index is 0.0454. The molecule has 1 saturated carbocycles. The Labute approximate surface area is 258 Å². The van der Waals surface area contributed by atoms with Crippen molar-refractivity contribution in [3.8, 4) is 17.1 Å². The van der Waals surface area contributed by atoms with Crippen LogP contribution in [0.3, 0.4) is 0 Å². The molecular formula is C32H40Cl2N6O2. The van der Waals surface area contributed by atoms with Crippen LogP contribution < -0.4 is 10.1 Å². The Morgan fingerprint density at radius 3 is 2.48 bits per heavy atom. The number of hydrogen-bond acceptors (Lipinski definition) is 8. The largest absolute Gasteiger partial charge is 0.436 e. The third-order valence-corrected chi connectivity index (χ3v) is 8.62. The second-order valence-corrected chi connectivity index (χ2v) is 12.5. The van der Waals surface area contributed by atoms with Crippen molar-refractivity contribution in [2.24, 2.45) is 27.7 Å². The van der Waals surface area contributed by atoms with Gasteiger partial charge in [-0.05, 0) is 87.0 Å². The Morgan fingerprint density at radius 2 is 1.74 bits per heavy atom. The molecule has 10 heteroatoms. The SMILES string of the molecule is CC(C=O)CCN1CCN=CN/C=C(/Oc2cc(CN3CCC4CC4CC3)cc(-c3cc(Cl)cc(Cl)c3)n2)C=NCC1. The zero-order valence-corrected chi connectivity index (χ0v) is 25.7. The van der Waals surface area contributed by atoms with Crippen LogP contribution in [0.25, 0.3) is 11.3 Å². The number of aldehydes is 1. The standard InChI is InChI=1S/C32H40Cl2N6O2/c1-23(21-41)2-7-39-10-5-35-18-30(19-37-22-36-6-11-39)42-32-13-24(20-40-8-3-25-14-26(25)4-9-40)12-31(38-32)27-15-28(33)17-29(34)16-27/h12-13,15-19,21-23,25-26H,2-11,14,20H2,1H3,(H,36,37)/b30-19+,35-18?. The molecule has 224 valence electrons. The molecule has 1 saturated heterocycles. The highest BCUT2D eigenvalue weighted by molar-refractivity contribution is 6.35. The molecule has 0 bridgehead atoms. The number of carbonyl (C=O) groups excluding carboxylic acids is 1. The molecule has 8 nitrogen and oxygen atoms in total. The van der Waals surface area contributed by atoms with Crippen LogP contribution >= 0.6 is 23.2 Å². The number of allylic oxidation sites excluding steroid dienone is 1. The average molecular weight is 612 g/mol. The van der Waals surface area contributed by atoms with Crippen molar-refractivity contribution >= 4 is 42.0 Å². The highest BCUT2D eigenvalue weighted by atomic mass is 35.5. The van der Waals surface area contributed by atoms with Gasteiger partial charge in [0.25, 0.3) is 0 Å². The number of nitrogens with zero attached hydrogens (tertiary/aromatic N) is 5. The number of ether oxygens (including phenoxy) is 1. The number of benzene rings is 1. The van der Waals surface area contributed by atoms with Crippen molar-refractivity contribution in [2.45, 2.75) is 39.2 Å². The van der Waals surface area contributed by atoms with Crippen molar-refractivity contribution in [2.75, 3.05) is 45.8 Å². The molecule has 1 aromatic carbocycles. The fourth-order valence-corrected chi connectivity index (χ4v) is 6.11. The highest BCUT2D eigenvalue weighted by Gasteiger charge is 2.38. The molecule has 5 rings (SSSR count). The minimum Gasteiger partial charge on any atom is -0.436 e. The number of aliphatic imine (C=N–C) groups is 2. The van der Waals surface area contributed by atoms with Gasteiger partial charge in [-0.15, -0.1) is 0 Å². The normalized spacial score (nSPS) is 23.7. The third kappa shape index (κ3) is 9.36. The number of pyridine rings is 1. The van der Waals surface area contributed by atoms with Crippen molar-refractivity contribution in [1.82, 2.24) is 20.1 Å². The summed E-state index contributed by atoms with van der Waals surface area (Å²) < 4.78 is 6.32. The zero-order chi connectivity index (χ0) is 29.3. The van der Waals surface area contributed by atoms with E-state index in [1.54, 1.807) is 24.8 Å². The van der Waals surface area contributed by atoms with E-state index in [1.807, 2.05) is 25.1 Å². The maximum atomic E-state index is 11.0. The quantitative estimate of drug-likeness (QED) is 0.365. The van der Waals surface area contributed by atoms with Gasteiger partial charge in [0, 0.05) is 53.4 Å². The lowest BCUT2D eigenvalue weighted by Crippen LogP contribution is -2.31.